The van der Waals surface area contributed by atoms with Crippen molar-refractivity contribution in [3.8, 4) is 5.75 Å². The van der Waals surface area contributed by atoms with E-state index in [0.717, 1.165) is 22.4 Å². The Balaban J connectivity index is 1.57. The average molecular weight is 526 g/mol. The number of fused-ring (bicyclic) bond motifs is 5. The first kappa shape index (κ1) is 24.3. The highest BCUT2D eigenvalue weighted by Gasteiger charge is 2.71. The molecule has 5 nitrogen and oxygen atoms in total. The van der Waals surface area contributed by atoms with Crippen LogP contribution in [0.4, 0.5) is 5.69 Å². The van der Waals surface area contributed by atoms with Crippen LogP contribution in [0.2, 0.25) is 0 Å². The summed E-state index contributed by atoms with van der Waals surface area (Å²) in [6.07, 6.45) is 3.93. The number of rotatable bonds is 4. The standard InChI is InChI=1S/C35H27NO4/c1-21-15-16-22-17-18-29-35(33(38)26-13-6-7-14-27(26)34(35)39)30(24-11-8-12-25(20-24)40-2)31(36(29)28(22)19-21)32(37)23-9-4-3-5-10-23/h3-20,29-31H,1-2H3/t29-,30+,31-/m1/s1. The van der Waals surface area contributed by atoms with Gasteiger partial charge >= 0.3 is 0 Å². The van der Waals surface area contributed by atoms with Crippen molar-refractivity contribution in [2.24, 2.45) is 5.41 Å². The van der Waals surface area contributed by atoms with E-state index in [4.69, 9.17) is 4.74 Å². The Labute approximate surface area is 232 Å². The van der Waals surface area contributed by atoms with Crippen LogP contribution < -0.4 is 9.64 Å². The summed E-state index contributed by atoms with van der Waals surface area (Å²) >= 11 is 0. The second-order valence-electron chi connectivity index (χ2n) is 10.8. The Morgan fingerprint density at radius 1 is 0.825 bits per heavy atom. The van der Waals surface area contributed by atoms with E-state index >= 15 is 0 Å². The van der Waals surface area contributed by atoms with Crippen LogP contribution in [0.3, 0.4) is 0 Å². The average Bonchev–Trinajstić information content (AvgIpc) is 3.43. The highest BCUT2D eigenvalue weighted by atomic mass is 16.5. The van der Waals surface area contributed by atoms with Gasteiger partial charge in [0.05, 0.1) is 13.2 Å². The van der Waals surface area contributed by atoms with Gasteiger partial charge < -0.3 is 9.64 Å². The van der Waals surface area contributed by atoms with Crippen LogP contribution in [-0.4, -0.2) is 36.5 Å². The molecule has 4 aromatic carbocycles. The number of carbonyl (C=O) groups excluding carboxylic acids is 3. The third-order valence-electron chi connectivity index (χ3n) is 8.74. The van der Waals surface area contributed by atoms with Crippen LogP contribution in [0.25, 0.3) is 6.08 Å². The number of ketones is 3. The van der Waals surface area contributed by atoms with Gasteiger partial charge in [-0.2, -0.15) is 0 Å². The zero-order valence-electron chi connectivity index (χ0n) is 22.2. The number of ether oxygens (including phenoxy) is 1. The maximum absolute atomic E-state index is 14.7. The Morgan fingerprint density at radius 2 is 1.52 bits per heavy atom. The number of hydrogen-bond donors (Lipinski definition) is 0. The zero-order valence-corrected chi connectivity index (χ0v) is 22.2. The molecule has 0 bridgehead atoms. The Morgan fingerprint density at radius 3 is 2.23 bits per heavy atom. The molecule has 0 aromatic heterocycles. The summed E-state index contributed by atoms with van der Waals surface area (Å²) in [5, 5.41) is 0. The lowest BCUT2D eigenvalue weighted by molar-refractivity contribution is 0.0665. The molecule has 2 heterocycles. The van der Waals surface area contributed by atoms with Crippen molar-refractivity contribution in [2.75, 3.05) is 12.0 Å². The fourth-order valence-electron chi connectivity index (χ4n) is 7.05. The second kappa shape index (κ2) is 8.88. The molecule has 1 saturated heterocycles. The first-order valence-electron chi connectivity index (χ1n) is 13.5. The minimum atomic E-state index is -1.52. The van der Waals surface area contributed by atoms with Gasteiger partial charge in [0, 0.05) is 28.3 Å². The number of hydrogen-bond acceptors (Lipinski definition) is 5. The van der Waals surface area contributed by atoms with Crippen LogP contribution in [-0.2, 0) is 0 Å². The zero-order chi connectivity index (χ0) is 27.6. The fourth-order valence-corrected chi connectivity index (χ4v) is 7.05. The molecule has 2 aliphatic heterocycles. The van der Waals surface area contributed by atoms with Gasteiger partial charge in [0.25, 0.3) is 0 Å². The molecule has 196 valence electrons. The number of nitrogens with zero attached hydrogens (tertiary/aromatic N) is 1. The molecule has 3 atom stereocenters. The molecule has 4 aromatic rings. The molecule has 7 rings (SSSR count). The van der Waals surface area contributed by atoms with E-state index in [1.807, 2.05) is 78.6 Å². The van der Waals surface area contributed by atoms with Crippen molar-refractivity contribution in [1.29, 1.82) is 0 Å². The minimum Gasteiger partial charge on any atom is -0.497 e. The largest absolute Gasteiger partial charge is 0.497 e. The lowest BCUT2D eigenvalue weighted by Crippen LogP contribution is -2.48. The van der Waals surface area contributed by atoms with Gasteiger partial charge in [0.1, 0.15) is 17.2 Å². The maximum Gasteiger partial charge on any atom is 0.185 e. The minimum absolute atomic E-state index is 0.130. The van der Waals surface area contributed by atoms with Crippen molar-refractivity contribution in [1.82, 2.24) is 0 Å². The fraction of sp³-hybridized carbons (Fsp3) is 0.171. The quantitative estimate of drug-likeness (QED) is 0.231. The Bertz CT molecular complexity index is 1700. The van der Waals surface area contributed by atoms with E-state index in [-0.39, 0.29) is 17.3 Å². The number of aryl methyl sites for hydroxylation is 1. The summed E-state index contributed by atoms with van der Waals surface area (Å²) in [4.78, 5) is 46.1. The van der Waals surface area contributed by atoms with Gasteiger partial charge in [0.15, 0.2) is 17.3 Å². The lowest BCUT2D eigenvalue weighted by atomic mass is 9.64. The molecule has 0 radical (unpaired) electrons. The van der Waals surface area contributed by atoms with Crippen molar-refractivity contribution >= 4 is 29.1 Å². The van der Waals surface area contributed by atoms with E-state index in [0.29, 0.717) is 22.4 Å². The summed E-state index contributed by atoms with van der Waals surface area (Å²) < 4.78 is 5.57. The van der Waals surface area contributed by atoms with Crippen molar-refractivity contribution in [2.45, 2.75) is 24.9 Å². The predicted octanol–water partition coefficient (Wildman–Crippen LogP) is 6.32. The highest BCUT2D eigenvalue weighted by molar-refractivity contribution is 6.32. The third kappa shape index (κ3) is 3.18. The molecule has 1 spiro atoms. The van der Waals surface area contributed by atoms with E-state index in [2.05, 4.69) is 6.07 Å². The van der Waals surface area contributed by atoms with Gasteiger partial charge in [0.2, 0.25) is 0 Å². The van der Waals surface area contributed by atoms with Gasteiger partial charge in [-0.25, -0.2) is 0 Å². The van der Waals surface area contributed by atoms with Crippen LogP contribution in [0.15, 0.2) is 103 Å². The molecule has 5 heteroatoms. The smallest absolute Gasteiger partial charge is 0.185 e. The van der Waals surface area contributed by atoms with Crippen molar-refractivity contribution < 1.29 is 19.1 Å². The van der Waals surface area contributed by atoms with Crippen LogP contribution >= 0.6 is 0 Å². The number of methoxy groups -OCH3 is 1. The van der Waals surface area contributed by atoms with E-state index < -0.39 is 23.4 Å². The molecule has 3 aliphatic rings. The number of anilines is 1. The molecule has 0 unspecified atom stereocenters. The Hall–Kier alpha value is -4.77. The van der Waals surface area contributed by atoms with Crippen molar-refractivity contribution in [3.05, 3.63) is 137 Å². The third-order valence-corrected chi connectivity index (χ3v) is 8.74. The van der Waals surface area contributed by atoms with E-state index in [9.17, 15) is 14.4 Å². The number of benzene rings is 4. The molecular weight excluding hydrogens is 498 g/mol. The normalized spacial score (nSPS) is 21.8. The lowest BCUT2D eigenvalue weighted by Gasteiger charge is -2.37. The molecule has 0 N–H and O–H groups in total. The SMILES string of the molecule is COc1cccc([C@H]2[C@H](C(=O)c3ccccc3)N3c4cc(C)ccc4C=C[C@@H]3C23C(=O)c2ccccc2C3=O)c1. The summed E-state index contributed by atoms with van der Waals surface area (Å²) in [5.74, 6) is -0.760. The van der Waals surface area contributed by atoms with Gasteiger partial charge in [-0.05, 0) is 41.8 Å². The summed E-state index contributed by atoms with van der Waals surface area (Å²) in [6, 6.07) is 28.3. The topological polar surface area (TPSA) is 63.7 Å². The Kier molecular flexibility index (Phi) is 5.39. The van der Waals surface area contributed by atoms with Crippen molar-refractivity contribution in [3.63, 3.8) is 0 Å². The van der Waals surface area contributed by atoms with Crippen LogP contribution in [0.1, 0.15) is 53.7 Å². The van der Waals surface area contributed by atoms with Gasteiger partial charge in [-0.3, -0.25) is 14.4 Å². The van der Waals surface area contributed by atoms with E-state index in [1.165, 1.54) is 0 Å². The maximum atomic E-state index is 14.7. The number of carbonyl (C=O) groups is 3. The summed E-state index contributed by atoms with van der Waals surface area (Å²) in [5.41, 5.74) is 3.39. The summed E-state index contributed by atoms with van der Waals surface area (Å²) in [6.45, 7) is 2.01. The molecule has 40 heavy (non-hydrogen) atoms. The first-order valence-corrected chi connectivity index (χ1v) is 13.5. The highest BCUT2D eigenvalue weighted by Crippen LogP contribution is 2.61. The van der Waals surface area contributed by atoms with Gasteiger partial charge in [-0.1, -0.05) is 91.0 Å². The molecule has 0 saturated carbocycles. The van der Waals surface area contributed by atoms with Crippen LogP contribution in [0.5, 0.6) is 5.75 Å². The summed E-state index contributed by atoms with van der Waals surface area (Å²) in [7, 11) is 1.59. The molecule has 1 aliphatic carbocycles. The second-order valence-corrected chi connectivity index (χ2v) is 10.8. The van der Waals surface area contributed by atoms with Crippen LogP contribution in [0, 0.1) is 12.3 Å². The molecular formula is C35H27NO4. The molecule has 0 amide bonds. The number of Topliss-reactive ketones (excluding diaryl/α,β-unsaturated/α-hetero) is 3. The van der Waals surface area contributed by atoms with E-state index in [1.54, 1.807) is 43.5 Å². The predicted molar refractivity (Wildman–Crippen MR) is 154 cm³/mol. The molecule has 1 fully saturated rings. The van der Waals surface area contributed by atoms with Gasteiger partial charge in [-0.15, -0.1) is 0 Å². The first-order chi connectivity index (χ1) is 19.5. The monoisotopic (exact) mass is 525 g/mol.